The maximum absolute atomic E-state index is 12.6. The molecule has 2 aromatic rings. The first kappa shape index (κ1) is 14.1. The van der Waals surface area contributed by atoms with Crippen molar-refractivity contribution in [3.63, 3.8) is 0 Å². The van der Waals surface area contributed by atoms with Crippen LogP contribution in [-0.2, 0) is 0 Å². The van der Waals surface area contributed by atoms with Gasteiger partial charge in [0.25, 0.3) is 5.91 Å². The monoisotopic (exact) mass is 309 g/mol. The number of fused-ring (bicyclic) bond motifs is 1. The van der Waals surface area contributed by atoms with E-state index < -0.39 is 0 Å². The third-order valence-corrected chi connectivity index (χ3v) is 4.81. The summed E-state index contributed by atoms with van der Waals surface area (Å²) < 4.78 is 0. The molecule has 0 saturated carbocycles. The predicted octanol–water partition coefficient (Wildman–Crippen LogP) is 1.47. The third-order valence-electron chi connectivity index (χ3n) is 4.81. The van der Waals surface area contributed by atoms with Gasteiger partial charge in [-0.3, -0.25) is 9.78 Å². The third kappa shape index (κ3) is 2.76. The van der Waals surface area contributed by atoms with Gasteiger partial charge in [0.2, 0.25) is 5.95 Å². The van der Waals surface area contributed by atoms with Gasteiger partial charge < -0.3 is 9.80 Å². The number of piperidine rings is 1. The first-order chi connectivity index (χ1) is 11.3. The van der Waals surface area contributed by atoms with E-state index in [0.717, 1.165) is 38.5 Å². The first-order valence-corrected chi connectivity index (χ1v) is 8.03. The number of anilines is 1. The van der Waals surface area contributed by atoms with Crippen LogP contribution in [0.25, 0.3) is 0 Å². The molecule has 2 aliphatic heterocycles. The summed E-state index contributed by atoms with van der Waals surface area (Å²) in [4.78, 5) is 29.6. The summed E-state index contributed by atoms with van der Waals surface area (Å²) in [5.74, 6) is 1.89. The molecule has 2 aliphatic rings. The van der Waals surface area contributed by atoms with E-state index in [0.29, 0.717) is 17.5 Å². The molecule has 0 radical (unpaired) electrons. The Morgan fingerprint density at radius 2 is 1.74 bits per heavy atom. The van der Waals surface area contributed by atoms with Gasteiger partial charge in [-0.05, 0) is 36.5 Å². The second kappa shape index (κ2) is 5.95. The van der Waals surface area contributed by atoms with Crippen LogP contribution in [0.1, 0.15) is 16.9 Å². The van der Waals surface area contributed by atoms with Crippen LogP contribution in [-0.4, -0.2) is 51.9 Å². The molecule has 2 atom stereocenters. The van der Waals surface area contributed by atoms with Crippen LogP contribution in [0.4, 0.5) is 5.95 Å². The molecular formula is C17H19N5O. The highest BCUT2D eigenvalue weighted by molar-refractivity contribution is 5.92. The molecule has 0 bridgehead atoms. The molecule has 4 heterocycles. The van der Waals surface area contributed by atoms with Gasteiger partial charge in [-0.2, -0.15) is 0 Å². The summed E-state index contributed by atoms with van der Waals surface area (Å²) in [6.07, 6.45) is 6.31. The molecular weight excluding hydrogens is 290 g/mol. The van der Waals surface area contributed by atoms with Gasteiger partial charge in [-0.15, -0.1) is 0 Å². The van der Waals surface area contributed by atoms with Crippen molar-refractivity contribution in [3.05, 3.63) is 48.5 Å². The fraction of sp³-hybridized carbons (Fsp3) is 0.412. The van der Waals surface area contributed by atoms with Gasteiger partial charge in [0.05, 0.1) is 0 Å². The quantitative estimate of drug-likeness (QED) is 0.840. The minimum absolute atomic E-state index is 0.0440. The second-order valence-corrected chi connectivity index (χ2v) is 6.23. The molecule has 0 aromatic carbocycles. The van der Waals surface area contributed by atoms with Crippen molar-refractivity contribution >= 4 is 11.9 Å². The molecule has 6 heteroatoms. The summed E-state index contributed by atoms with van der Waals surface area (Å²) in [6, 6.07) is 7.31. The van der Waals surface area contributed by atoms with Crippen LogP contribution < -0.4 is 4.90 Å². The number of carbonyl (C=O) groups is 1. The van der Waals surface area contributed by atoms with Crippen molar-refractivity contribution in [1.82, 2.24) is 19.9 Å². The van der Waals surface area contributed by atoms with E-state index in [4.69, 9.17) is 0 Å². The predicted molar refractivity (Wildman–Crippen MR) is 86.0 cm³/mol. The van der Waals surface area contributed by atoms with E-state index in [2.05, 4.69) is 19.9 Å². The highest BCUT2D eigenvalue weighted by atomic mass is 16.2. The number of aromatic nitrogens is 3. The normalized spacial score (nSPS) is 23.7. The maximum Gasteiger partial charge on any atom is 0.272 e. The lowest BCUT2D eigenvalue weighted by atomic mass is 9.89. The number of rotatable bonds is 2. The van der Waals surface area contributed by atoms with Crippen molar-refractivity contribution in [3.8, 4) is 0 Å². The van der Waals surface area contributed by atoms with Crippen LogP contribution in [0, 0.1) is 11.8 Å². The molecule has 1 amide bonds. The molecule has 0 aliphatic carbocycles. The van der Waals surface area contributed by atoms with Gasteiger partial charge in [-0.1, -0.05) is 6.07 Å². The molecule has 2 saturated heterocycles. The molecule has 118 valence electrons. The lowest BCUT2D eigenvalue weighted by Gasteiger charge is -2.34. The van der Waals surface area contributed by atoms with Crippen molar-refractivity contribution in [2.45, 2.75) is 6.42 Å². The summed E-state index contributed by atoms with van der Waals surface area (Å²) in [7, 11) is 0. The molecule has 0 unspecified atom stereocenters. The number of carbonyl (C=O) groups excluding carboxylic acids is 1. The fourth-order valence-corrected chi connectivity index (χ4v) is 3.62. The average Bonchev–Trinajstić information content (AvgIpc) is 3.06. The zero-order chi connectivity index (χ0) is 15.6. The molecule has 4 rings (SSSR count). The lowest BCUT2D eigenvalue weighted by Crippen LogP contribution is -2.40. The van der Waals surface area contributed by atoms with Crippen LogP contribution in [0.15, 0.2) is 42.9 Å². The summed E-state index contributed by atoms with van der Waals surface area (Å²) >= 11 is 0. The van der Waals surface area contributed by atoms with Crippen LogP contribution >= 0.6 is 0 Å². The maximum atomic E-state index is 12.6. The van der Waals surface area contributed by atoms with Crippen molar-refractivity contribution < 1.29 is 4.79 Å². The first-order valence-electron chi connectivity index (χ1n) is 8.03. The van der Waals surface area contributed by atoms with E-state index in [-0.39, 0.29) is 5.91 Å². The number of likely N-dealkylation sites (tertiary alicyclic amines) is 1. The number of pyridine rings is 1. The van der Waals surface area contributed by atoms with Gasteiger partial charge in [-0.25, -0.2) is 9.97 Å². The average molecular weight is 309 g/mol. The Balaban J connectivity index is 1.45. The molecule has 2 fully saturated rings. The molecule has 23 heavy (non-hydrogen) atoms. The Kier molecular flexibility index (Phi) is 3.65. The SMILES string of the molecule is O=C(c1ccccn1)N1C[C@H]2CCN(c3ncccn3)C[C@H]2C1. The molecule has 0 spiro atoms. The Morgan fingerprint density at radius 1 is 0.957 bits per heavy atom. The molecule has 6 nitrogen and oxygen atoms in total. The van der Waals surface area contributed by atoms with E-state index in [1.54, 1.807) is 24.7 Å². The van der Waals surface area contributed by atoms with Crippen molar-refractivity contribution in [2.75, 3.05) is 31.1 Å². The number of amides is 1. The van der Waals surface area contributed by atoms with Gasteiger partial charge in [0, 0.05) is 44.8 Å². The fourth-order valence-electron chi connectivity index (χ4n) is 3.62. The van der Waals surface area contributed by atoms with Crippen LogP contribution in [0.2, 0.25) is 0 Å². The zero-order valence-electron chi connectivity index (χ0n) is 12.9. The second-order valence-electron chi connectivity index (χ2n) is 6.23. The largest absolute Gasteiger partial charge is 0.340 e. The minimum Gasteiger partial charge on any atom is -0.340 e. The summed E-state index contributed by atoms with van der Waals surface area (Å²) in [5, 5.41) is 0. The van der Waals surface area contributed by atoms with Gasteiger partial charge in [0.15, 0.2) is 0 Å². The summed E-state index contributed by atoms with van der Waals surface area (Å²) in [5.41, 5.74) is 0.536. The van der Waals surface area contributed by atoms with Crippen molar-refractivity contribution in [2.24, 2.45) is 11.8 Å². The minimum atomic E-state index is 0.0440. The van der Waals surface area contributed by atoms with E-state index in [9.17, 15) is 4.79 Å². The highest BCUT2D eigenvalue weighted by Crippen LogP contribution is 2.32. The number of nitrogens with zero attached hydrogens (tertiary/aromatic N) is 5. The number of hydrogen-bond acceptors (Lipinski definition) is 5. The zero-order valence-corrected chi connectivity index (χ0v) is 12.9. The Morgan fingerprint density at radius 3 is 2.52 bits per heavy atom. The van der Waals surface area contributed by atoms with E-state index in [1.807, 2.05) is 23.1 Å². The molecule has 0 N–H and O–H groups in total. The Bertz CT molecular complexity index is 678. The van der Waals surface area contributed by atoms with E-state index in [1.165, 1.54) is 0 Å². The lowest BCUT2D eigenvalue weighted by molar-refractivity contribution is 0.0778. The molecule has 2 aromatic heterocycles. The Labute approximate surface area is 135 Å². The topological polar surface area (TPSA) is 62.2 Å². The van der Waals surface area contributed by atoms with E-state index >= 15 is 0 Å². The standard InChI is InChI=1S/C17H19N5O/c23-16(15-4-1-2-6-18-15)22-10-13-5-9-21(11-14(13)12-22)17-19-7-3-8-20-17/h1-4,6-8,13-14H,5,9-12H2/t13-,14+/m1/s1. The van der Waals surface area contributed by atoms with Gasteiger partial charge in [0.1, 0.15) is 5.69 Å². The van der Waals surface area contributed by atoms with Crippen LogP contribution in [0.5, 0.6) is 0 Å². The summed E-state index contributed by atoms with van der Waals surface area (Å²) in [6.45, 7) is 3.50. The van der Waals surface area contributed by atoms with Crippen molar-refractivity contribution in [1.29, 1.82) is 0 Å². The number of hydrogen-bond donors (Lipinski definition) is 0. The highest BCUT2D eigenvalue weighted by Gasteiger charge is 2.39. The van der Waals surface area contributed by atoms with Crippen LogP contribution in [0.3, 0.4) is 0 Å². The smallest absolute Gasteiger partial charge is 0.272 e. The van der Waals surface area contributed by atoms with Gasteiger partial charge >= 0.3 is 0 Å². The Hall–Kier alpha value is -2.50.